The fourth-order valence-corrected chi connectivity index (χ4v) is 2.15. The number of aliphatic hydroxyl groups is 1. The molecule has 0 aliphatic rings. The average molecular weight is 287 g/mol. The lowest BCUT2D eigenvalue weighted by molar-refractivity contribution is 0.0912. The Morgan fingerprint density at radius 3 is 2.57 bits per heavy atom. The van der Waals surface area contributed by atoms with Gasteiger partial charge < -0.3 is 10.4 Å². The quantitative estimate of drug-likeness (QED) is 0.887. The molecule has 0 aliphatic carbocycles. The summed E-state index contributed by atoms with van der Waals surface area (Å²) in [4.78, 5) is 12.1. The van der Waals surface area contributed by atoms with Crippen LogP contribution in [-0.4, -0.2) is 23.7 Å². The van der Waals surface area contributed by atoms with Gasteiger partial charge in [-0.15, -0.1) is 0 Å². The van der Waals surface area contributed by atoms with Crippen LogP contribution < -0.4 is 5.32 Å². The molecule has 0 unspecified atom stereocenters. The minimum absolute atomic E-state index is 0.00140. The normalized spacial score (nSPS) is 12.0. The third-order valence-electron chi connectivity index (χ3n) is 3.32. The number of hydrogen-bond acceptors (Lipinski definition) is 2. The smallest absolute Gasteiger partial charge is 0.254 e. The second-order valence-electron chi connectivity index (χ2n) is 4.98. The van der Waals surface area contributed by atoms with Crippen molar-refractivity contribution in [2.45, 2.75) is 19.4 Å². The zero-order valence-corrected chi connectivity index (χ0v) is 11.8. The highest BCUT2D eigenvalue weighted by molar-refractivity contribution is 5.94. The lowest BCUT2D eigenvalue weighted by atomic mass is 10.1. The lowest BCUT2D eigenvalue weighted by Crippen LogP contribution is -2.39. The third kappa shape index (κ3) is 3.89. The van der Waals surface area contributed by atoms with Gasteiger partial charge in [0.15, 0.2) is 0 Å². The SMILES string of the molecule is Cc1cccc(C(=O)N[C@@H](CO)Cc2ccccc2)c1F. The van der Waals surface area contributed by atoms with Crippen LogP contribution in [0.1, 0.15) is 21.5 Å². The van der Waals surface area contributed by atoms with Gasteiger partial charge in [-0.1, -0.05) is 42.5 Å². The Bertz CT molecular complexity index is 613. The number of nitrogens with one attached hydrogen (secondary N) is 1. The van der Waals surface area contributed by atoms with Crippen molar-refractivity contribution in [3.05, 3.63) is 71.0 Å². The van der Waals surface area contributed by atoms with Gasteiger partial charge in [0.25, 0.3) is 5.91 Å². The van der Waals surface area contributed by atoms with E-state index in [1.807, 2.05) is 30.3 Å². The Labute approximate surface area is 123 Å². The first-order valence-corrected chi connectivity index (χ1v) is 6.82. The van der Waals surface area contributed by atoms with Gasteiger partial charge in [0.1, 0.15) is 5.82 Å². The average Bonchev–Trinajstić information content (AvgIpc) is 2.50. The zero-order valence-electron chi connectivity index (χ0n) is 11.8. The van der Waals surface area contributed by atoms with Crippen LogP contribution in [0, 0.1) is 12.7 Å². The maximum atomic E-state index is 13.9. The molecule has 2 aromatic carbocycles. The van der Waals surface area contributed by atoms with Gasteiger partial charge in [0, 0.05) is 0 Å². The first-order valence-electron chi connectivity index (χ1n) is 6.82. The molecule has 0 saturated heterocycles. The molecular formula is C17H18FNO2. The van der Waals surface area contributed by atoms with E-state index in [1.165, 1.54) is 6.07 Å². The Balaban J connectivity index is 2.08. The van der Waals surface area contributed by atoms with Crippen LogP contribution in [0.15, 0.2) is 48.5 Å². The van der Waals surface area contributed by atoms with E-state index in [4.69, 9.17) is 0 Å². The Morgan fingerprint density at radius 2 is 1.90 bits per heavy atom. The lowest BCUT2D eigenvalue weighted by Gasteiger charge is -2.17. The van der Waals surface area contributed by atoms with Crippen LogP contribution in [-0.2, 0) is 6.42 Å². The van der Waals surface area contributed by atoms with Crippen molar-refractivity contribution in [1.29, 1.82) is 0 Å². The number of halogens is 1. The van der Waals surface area contributed by atoms with E-state index in [-0.39, 0.29) is 12.2 Å². The predicted octanol–water partition coefficient (Wildman–Crippen LogP) is 2.47. The molecule has 0 fully saturated rings. The van der Waals surface area contributed by atoms with E-state index >= 15 is 0 Å². The molecule has 0 bridgehead atoms. The summed E-state index contributed by atoms with van der Waals surface area (Å²) >= 11 is 0. The fourth-order valence-electron chi connectivity index (χ4n) is 2.15. The van der Waals surface area contributed by atoms with E-state index in [0.29, 0.717) is 12.0 Å². The summed E-state index contributed by atoms with van der Waals surface area (Å²) in [6, 6.07) is 13.8. The maximum Gasteiger partial charge on any atom is 0.254 e. The number of carbonyl (C=O) groups is 1. The van der Waals surface area contributed by atoms with Gasteiger partial charge in [0.2, 0.25) is 0 Å². The summed E-state index contributed by atoms with van der Waals surface area (Å²) in [6.45, 7) is 1.41. The summed E-state index contributed by atoms with van der Waals surface area (Å²) < 4.78 is 13.9. The van der Waals surface area contributed by atoms with E-state index in [2.05, 4.69) is 5.32 Å². The van der Waals surface area contributed by atoms with Crippen LogP contribution >= 0.6 is 0 Å². The standard InChI is InChI=1S/C17H18FNO2/c1-12-6-5-9-15(16(12)18)17(21)19-14(11-20)10-13-7-3-2-4-8-13/h2-9,14,20H,10-11H2,1H3,(H,19,21)/t14-/m1/s1. The molecule has 0 heterocycles. The predicted molar refractivity (Wildman–Crippen MR) is 79.6 cm³/mol. The molecule has 110 valence electrons. The molecule has 0 spiro atoms. The van der Waals surface area contributed by atoms with Gasteiger partial charge in [-0.2, -0.15) is 0 Å². The van der Waals surface area contributed by atoms with Crippen LogP contribution in [0.5, 0.6) is 0 Å². The third-order valence-corrected chi connectivity index (χ3v) is 3.32. The monoisotopic (exact) mass is 287 g/mol. The molecule has 0 aromatic heterocycles. The molecule has 1 atom stereocenters. The molecule has 3 nitrogen and oxygen atoms in total. The van der Waals surface area contributed by atoms with E-state index < -0.39 is 17.8 Å². The summed E-state index contributed by atoms with van der Waals surface area (Å²) in [6.07, 6.45) is 0.497. The van der Waals surface area contributed by atoms with Crippen LogP contribution in [0.25, 0.3) is 0 Å². The molecule has 2 aromatic rings. The van der Waals surface area contributed by atoms with Crippen molar-refractivity contribution in [1.82, 2.24) is 5.32 Å². The minimum atomic E-state index is -0.522. The second-order valence-corrected chi connectivity index (χ2v) is 4.98. The maximum absolute atomic E-state index is 13.9. The summed E-state index contributed by atoms with van der Waals surface area (Å²) in [5.74, 6) is -1.03. The Hall–Kier alpha value is -2.20. The second kappa shape index (κ2) is 6.99. The minimum Gasteiger partial charge on any atom is -0.394 e. The molecular weight excluding hydrogens is 269 g/mol. The van der Waals surface area contributed by atoms with Crippen molar-refractivity contribution >= 4 is 5.91 Å². The van der Waals surface area contributed by atoms with Crippen molar-refractivity contribution in [3.8, 4) is 0 Å². The number of aryl methyl sites for hydroxylation is 1. The molecule has 2 N–H and O–H groups in total. The van der Waals surface area contributed by atoms with Crippen molar-refractivity contribution < 1.29 is 14.3 Å². The number of hydrogen-bond donors (Lipinski definition) is 2. The van der Waals surface area contributed by atoms with Gasteiger partial charge in [-0.05, 0) is 30.5 Å². The topological polar surface area (TPSA) is 49.3 Å². The first-order chi connectivity index (χ1) is 10.1. The van der Waals surface area contributed by atoms with Crippen molar-refractivity contribution in [3.63, 3.8) is 0 Å². The highest BCUT2D eigenvalue weighted by Crippen LogP contribution is 2.12. The van der Waals surface area contributed by atoms with E-state index in [1.54, 1.807) is 19.1 Å². The van der Waals surface area contributed by atoms with Gasteiger partial charge >= 0.3 is 0 Å². The molecule has 0 radical (unpaired) electrons. The van der Waals surface area contributed by atoms with E-state index in [9.17, 15) is 14.3 Å². The summed E-state index contributed by atoms with van der Waals surface area (Å²) in [5.41, 5.74) is 1.43. The van der Waals surface area contributed by atoms with Crippen molar-refractivity contribution in [2.24, 2.45) is 0 Å². The number of aliphatic hydroxyl groups excluding tert-OH is 1. The number of carbonyl (C=O) groups excluding carboxylic acids is 1. The van der Waals surface area contributed by atoms with Gasteiger partial charge in [-0.25, -0.2) is 4.39 Å². The van der Waals surface area contributed by atoms with Gasteiger partial charge in [0.05, 0.1) is 18.2 Å². The molecule has 0 saturated carbocycles. The molecule has 4 heteroatoms. The largest absolute Gasteiger partial charge is 0.394 e. The Kier molecular flexibility index (Phi) is 5.06. The summed E-state index contributed by atoms with van der Waals surface area (Å²) in [7, 11) is 0. The van der Waals surface area contributed by atoms with Crippen molar-refractivity contribution in [2.75, 3.05) is 6.61 Å². The van der Waals surface area contributed by atoms with Crippen LogP contribution in [0.3, 0.4) is 0 Å². The van der Waals surface area contributed by atoms with Crippen LogP contribution in [0.2, 0.25) is 0 Å². The zero-order chi connectivity index (χ0) is 15.2. The fraction of sp³-hybridized carbons (Fsp3) is 0.235. The van der Waals surface area contributed by atoms with Crippen LogP contribution in [0.4, 0.5) is 4.39 Å². The number of amides is 1. The summed E-state index contributed by atoms with van der Waals surface area (Å²) in [5, 5.41) is 12.1. The molecule has 21 heavy (non-hydrogen) atoms. The molecule has 0 aliphatic heterocycles. The van der Waals surface area contributed by atoms with Gasteiger partial charge in [-0.3, -0.25) is 4.79 Å². The highest BCUT2D eigenvalue weighted by Gasteiger charge is 2.17. The Morgan fingerprint density at radius 1 is 1.19 bits per heavy atom. The number of rotatable bonds is 5. The number of benzene rings is 2. The van der Waals surface area contributed by atoms with E-state index in [0.717, 1.165) is 5.56 Å². The highest BCUT2D eigenvalue weighted by atomic mass is 19.1. The molecule has 1 amide bonds. The first kappa shape index (κ1) is 15.2. The molecule has 2 rings (SSSR count).